The second-order valence-electron chi connectivity index (χ2n) is 5.28. The van der Waals surface area contributed by atoms with Crippen molar-refractivity contribution in [2.45, 2.75) is 38.6 Å². The van der Waals surface area contributed by atoms with Gasteiger partial charge in [-0.15, -0.1) is 0 Å². The molecule has 0 atom stereocenters. The topological polar surface area (TPSA) is 70.9 Å². The van der Waals surface area contributed by atoms with Gasteiger partial charge >= 0.3 is 0 Å². The van der Waals surface area contributed by atoms with E-state index in [0.717, 1.165) is 29.3 Å². The molecule has 4 N–H and O–H groups in total. The highest BCUT2D eigenvalue weighted by molar-refractivity contribution is 5.89. The standard InChI is InChI=1S/C16H23N3O/c1-3-16(4-2,11-17)19-15(20)9-12-10-18-14-8-6-5-7-13(12)14/h5-8,10,18H,3-4,9,11,17H2,1-2H3,(H,19,20). The van der Waals surface area contributed by atoms with Crippen molar-refractivity contribution in [1.82, 2.24) is 10.3 Å². The van der Waals surface area contributed by atoms with Gasteiger partial charge in [-0.2, -0.15) is 0 Å². The van der Waals surface area contributed by atoms with Crippen LogP contribution in [-0.2, 0) is 11.2 Å². The monoisotopic (exact) mass is 273 g/mol. The van der Waals surface area contributed by atoms with Gasteiger partial charge in [0.15, 0.2) is 0 Å². The summed E-state index contributed by atoms with van der Waals surface area (Å²) >= 11 is 0. The van der Waals surface area contributed by atoms with Crippen LogP contribution >= 0.6 is 0 Å². The Morgan fingerprint density at radius 1 is 1.30 bits per heavy atom. The molecule has 2 rings (SSSR count). The summed E-state index contributed by atoms with van der Waals surface area (Å²) in [5, 5.41) is 4.21. The van der Waals surface area contributed by atoms with Crippen LogP contribution in [0.15, 0.2) is 30.5 Å². The van der Waals surface area contributed by atoms with Crippen LogP contribution in [0.4, 0.5) is 0 Å². The number of H-pyrrole nitrogens is 1. The minimum Gasteiger partial charge on any atom is -0.361 e. The molecule has 108 valence electrons. The number of hydrogen-bond donors (Lipinski definition) is 3. The number of rotatable bonds is 6. The maximum absolute atomic E-state index is 12.3. The predicted molar refractivity (Wildman–Crippen MR) is 82.5 cm³/mol. The van der Waals surface area contributed by atoms with E-state index < -0.39 is 0 Å². The van der Waals surface area contributed by atoms with Gasteiger partial charge in [0.25, 0.3) is 0 Å². The van der Waals surface area contributed by atoms with Crippen LogP contribution in [0.1, 0.15) is 32.3 Å². The normalized spacial score (nSPS) is 11.8. The number of para-hydroxylation sites is 1. The molecule has 0 bridgehead atoms. The number of carbonyl (C=O) groups excluding carboxylic acids is 1. The Hall–Kier alpha value is -1.81. The van der Waals surface area contributed by atoms with Gasteiger partial charge in [0, 0.05) is 23.6 Å². The van der Waals surface area contributed by atoms with E-state index in [1.807, 2.05) is 30.5 Å². The summed E-state index contributed by atoms with van der Waals surface area (Å²) in [5.41, 5.74) is 7.63. The van der Waals surface area contributed by atoms with Gasteiger partial charge in [-0.1, -0.05) is 32.0 Å². The van der Waals surface area contributed by atoms with Crippen LogP contribution < -0.4 is 11.1 Å². The molecule has 0 saturated heterocycles. The van der Waals surface area contributed by atoms with Gasteiger partial charge in [-0.05, 0) is 24.5 Å². The van der Waals surface area contributed by atoms with E-state index in [1.54, 1.807) is 0 Å². The smallest absolute Gasteiger partial charge is 0.224 e. The van der Waals surface area contributed by atoms with Crippen LogP contribution in [0.3, 0.4) is 0 Å². The van der Waals surface area contributed by atoms with Crippen LogP contribution in [0.25, 0.3) is 10.9 Å². The van der Waals surface area contributed by atoms with Crippen LogP contribution in [0.2, 0.25) is 0 Å². The number of amides is 1. The zero-order valence-corrected chi connectivity index (χ0v) is 12.2. The van der Waals surface area contributed by atoms with E-state index >= 15 is 0 Å². The molecule has 0 aliphatic carbocycles. The van der Waals surface area contributed by atoms with Crippen molar-refractivity contribution in [3.8, 4) is 0 Å². The second-order valence-corrected chi connectivity index (χ2v) is 5.28. The van der Waals surface area contributed by atoms with Crippen LogP contribution in [0.5, 0.6) is 0 Å². The lowest BCUT2D eigenvalue weighted by Gasteiger charge is -2.31. The SMILES string of the molecule is CCC(CC)(CN)NC(=O)Cc1c[nH]c2ccccc12. The van der Waals surface area contributed by atoms with Gasteiger partial charge in [-0.3, -0.25) is 4.79 Å². The lowest BCUT2D eigenvalue weighted by Crippen LogP contribution is -2.53. The predicted octanol–water partition coefficient (Wildman–Crippen LogP) is 2.34. The molecule has 0 aliphatic heterocycles. The first-order valence-electron chi connectivity index (χ1n) is 7.20. The van der Waals surface area contributed by atoms with E-state index in [9.17, 15) is 4.79 Å². The molecular formula is C16H23N3O. The number of fused-ring (bicyclic) bond motifs is 1. The Balaban J connectivity index is 2.12. The molecule has 0 saturated carbocycles. The number of hydrogen-bond acceptors (Lipinski definition) is 2. The van der Waals surface area contributed by atoms with Crippen molar-refractivity contribution in [2.24, 2.45) is 5.73 Å². The first-order valence-corrected chi connectivity index (χ1v) is 7.20. The minimum absolute atomic E-state index is 0.0314. The highest BCUT2D eigenvalue weighted by Gasteiger charge is 2.26. The number of aromatic nitrogens is 1. The third-order valence-corrected chi connectivity index (χ3v) is 4.17. The molecule has 0 unspecified atom stereocenters. The maximum Gasteiger partial charge on any atom is 0.224 e. The Morgan fingerprint density at radius 3 is 2.65 bits per heavy atom. The van der Waals surface area contributed by atoms with Crippen molar-refractivity contribution in [3.05, 3.63) is 36.0 Å². The molecule has 1 amide bonds. The Labute approximate surface area is 119 Å². The fourth-order valence-corrected chi connectivity index (χ4v) is 2.56. The molecule has 0 spiro atoms. The molecular weight excluding hydrogens is 250 g/mol. The van der Waals surface area contributed by atoms with Gasteiger partial charge in [-0.25, -0.2) is 0 Å². The van der Waals surface area contributed by atoms with Gasteiger partial charge in [0.2, 0.25) is 5.91 Å². The maximum atomic E-state index is 12.3. The first kappa shape index (κ1) is 14.6. The summed E-state index contributed by atoms with van der Waals surface area (Å²) in [4.78, 5) is 15.5. The Bertz CT molecular complexity index is 576. The third-order valence-electron chi connectivity index (χ3n) is 4.17. The van der Waals surface area contributed by atoms with Crippen molar-refractivity contribution in [2.75, 3.05) is 6.54 Å². The number of nitrogens with one attached hydrogen (secondary N) is 2. The molecule has 1 aromatic carbocycles. The fourth-order valence-electron chi connectivity index (χ4n) is 2.56. The van der Waals surface area contributed by atoms with Gasteiger partial charge in [0.05, 0.1) is 12.0 Å². The Morgan fingerprint density at radius 2 is 2.00 bits per heavy atom. The molecule has 0 radical (unpaired) electrons. The molecule has 1 aromatic heterocycles. The number of aromatic amines is 1. The number of nitrogens with two attached hydrogens (primary N) is 1. The third kappa shape index (κ3) is 2.85. The van der Waals surface area contributed by atoms with E-state index in [4.69, 9.17) is 5.73 Å². The first-order chi connectivity index (χ1) is 9.64. The zero-order chi connectivity index (χ0) is 14.6. The molecule has 2 aromatic rings. The van der Waals surface area contributed by atoms with E-state index in [2.05, 4.69) is 24.1 Å². The van der Waals surface area contributed by atoms with Crippen LogP contribution in [0, 0.1) is 0 Å². The minimum atomic E-state index is -0.275. The lowest BCUT2D eigenvalue weighted by atomic mass is 9.92. The van der Waals surface area contributed by atoms with E-state index in [1.165, 1.54) is 0 Å². The van der Waals surface area contributed by atoms with E-state index in [-0.39, 0.29) is 11.4 Å². The lowest BCUT2D eigenvalue weighted by molar-refractivity contribution is -0.122. The average molecular weight is 273 g/mol. The molecule has 1 heterocycles. The summed E-state index contributed by atoms with van der Waals surface area (Å²) in [6.07, 6.45) is 3.98. The van der Waals surface area contributed by atoms with Gasteiger partial charge in [0.1, 0.15) is 0 Å². The Kier molecular flexibility index (Phi) is 4.45. The highest BCUT2D eigenvalue weighted by atomic mass is 16.1. The zero-order valence-electron chi connectivity index (χ0n) is 12.2. The van der Waals surface area contributed by atoms with Crippen LogP contribution in [-0.4, -0.2) is 23.0 Å². The van der Waals surface area contributed by atoms with Crippen molar-refractivity contribution >= 4 is 16.8 Å². The summed E-state index contributed by atoms with van der Waals surface area (Å²) in [5.74, 6) is 0.0314. The fraction of sp³-hybridized carbons (Fsp3) is 0.438. The van der Waals surface area contributed by atoms with Crippen molar-refractivity contribution in [3.63, 3.8) is 0 Å². The molecule has 4 heteroatoms. The number of benzene rings is 1. The highest BCUT2D eigenvalue weighted by Crippen LogP contribution is 2.19. The van der Waals surface area contributed by atoms with Gasteiger partial charge < -0.3 is 16.0 Å². The van der Waals surface area contributed by atoms with E-state index in [0.29, 0.717) is 13.0 Å². The molecule has 4 nitrogen and oxygen atoms in total. The quantitative estimate of drug-likeness (QED) is 0.756. The summed E-state index contributed by atoms with van der Waals surface area (Å²) in [6, 6.07) is 8.01. The summed E-state index contributed by atoms with van der Waals surface area (Å²) in [7, 11) is 0. The summed E-state index contributed by atoms with van der Waals surface area (Å²) < 4.78 is 0. The average Bonchev–Trinajstić information content (AvgIpc) is 2.88. The van der Waals surface area contributed by atoms with Crippen molar-refractivity contribution < 1.29 is 4.79 Å². The number of carbonyl (C=O) groups is 1. The molecule has 0 fully saturated rings. The van der Waals surface area contributed by atoms with Crippen molar-refractivity contribution in [1.29, 1.82) is 0 Å². The molecule has 0 aliphatic rings. The summed E-state index contributed by atoms with van der Waals surface area (Å²) in [6.45, 7) is 4.59. The second kappa shape index (κ2) is 6.09. The molecule has 20 heavy (non-hydrogen) atoms. The largest absolute Gasteiger partial charge is 0.361 e.